The van der Waals surface area contributed by atoms with Gasteiger partial charge in [-0.25, -0.2) is 0 Å². The summed E-state index contributed by atoms with van der Waals surface area (Å²) in [6, 6.07) is 0. The molecular formula is C12H26N2OSi. The smallest absolute Gasteiger partial charge is 0.192 e. The van der Waals surface area contributed by atoms with Crippen molar-refractivity contribution in [1.29, 1.82) is 0 Å². The van der Waals surface area contributed by atoms with Gasteiger partial charge in [0, 0.05) is 19.2 Å². The summed E-state index contributed by atoms with van der Waals surface area (Å²) < 4.78 is 6.29. The number of hydrogen-bond acceptors (Lipinski definition) is 3. The largest absolute Gasteiger partial charge is 0.412 e. The quantitative estimate of drug-likeness (QED) is 0.708. The van der Waals surface area contributed by atoms with Crippen LogP contribution < -0.4 is 0 Å². The zero-order valence-electron chi connectivity index (χ0n) is 11.6. The molecule has 16 heavy (non-hydrogen) atoms. The number of nitrogens with zero attached hydrogens (tertiary/aromatic N) is 2. The third kappa shape index (κ3) is 3.59. The summed E-state index contributed by atoms with van der Waals surface area (Å²) in [6.45, 7) is 15.6. The van der Waals surface area contributed by atoms with Crippen molar-refractivity contribution in [3.63, 3.8) is 0 Å². The minimum Gasteiger partial charge on any atom is -0.412 e. The van der Waals surface area contributed by atoms with E-state index < -0.39 is 8.32 Å². The van der Waals surface area contributed by atoms with E-state index >= 15 is 0 Å². The number of hydrogen-bond donors (Lipinski definition) is 0. The fourth-order valence-corrected chi connectivity index (χ4v) is 3.02. The summed E-state index contributed by atoms with van der Waals surface area (Å²) in [5, 5.41) is 6.71. The molecule has 0 fully saturated rings. The Morgan fingerprint density at radius 1 is 1.44 bits per heavy atom. The summed E-state index contributed by atoms with van der Waals surface area (Å²) in [7, 11) is -1.62. The van der Waals surface area contributed by atoms with E-state index in [9.17, 15) is 0 Å². The van der Waals surface area contributed by atoms with Gasteiger partial charge in [0.25, 0.3) is 0 Å². The van der Waals surface area contributed by atoms with Gasteiger partial charge in [-0.3, -0.25) is 5.01 Å². The summed E-state index contributed by atoms with van der Waals surface area (Å²) >= 11 is 0. The van der Waals surface area contributed by atoms with Gasteiger partial charge in [0.05, 0.1) is 12.6 Å². The summed E-state index contributed by atoms with van der Waals surface area (Å²) in [6.07, 6.45) is 3.34. The van der Waals surface area contributed by atoms with Gasteiger partial charge in [-0.1, -0.05) is 20.8 Å². The number of hydrazone groups is 1. The molecule has 0 amide bonds. The van der Waals surface area contributed by atoms with Crippen molar-refractivity contribution in [1.82, 2.24) is 5.01 Å². The van der Waals surface area contributed by atoms with Crippen LogP contribution in [0, 0.1) is 0 Å². The van der Waals surface area contributed by atoms with E-state index in [0.29, 0.717) is 0 Å². The highest BCUT2D eigenvalue weighted by atomic mass is 28.4. The van der Waals surface area contributed by atoms with Crippen molar-refractivity contribution in [2.45, 2.75) is 58.4 Å². The van der Waals surface area contributed by atoms with Crippen LogP contribution in [0.5, 0.6) is 0 Å². The molecule has 0 aliphatic carbocycles. The van der Waals surface area contributed by atoms with Crippen LogP contribution in [0.15, 0.2) is 5.10 Å². The maximum Gasteiger partial charge on any atom is 0.192 e. The Labute approximate surface area is 101 Å². The van der Waals surface area contributed by atoms with Crippen molar-refractivity contribution in [3.05, 3.63) is 0 Å². The first kappa shape index (κ1) is 13.7. The van der Waals surface area contributed by atoms with E-state index in [2.05, 4.69) is 50.9 Å². The van der Waals surface area contributed by atoms with E-state index in [1.54, 1.807) is 0 Å². The van der Waals surface area contributed by atoms with Crippen LogP contribution in [0.2, 0.25) is 18.1 Å². The third-order valence-electron chi connectivity index (χ3n) is 3.53. The molecule has 0 aromatic heterocycles. The molecule has 0 aromatic rings. The van der Waals surface area contributed by atoms with Gasteiger partial charge in [-0.15, -0.1) is 0 Å². The molecule has 0 spiro atoms. The Morgan fingerprint density at radius 2 is 2.06 bits per heavy atom. The molecule has 1 aliphatic heterocycles. The monoisotopic (exact) mass is 242 g/mol. The lowest BCUT2D eigenvalue weighted by Crippen LogP contribution is -2.45. The van der Waals surface area contributed by atoms with Gasteiger partial charge in [-0.05, 0) is 25.1 Å². The first-order valence-corrected chi connectivity index (χ1v) is 9.08. The maximum absolute atomic E-state index is 6.29. The lowest BCUT2D eigenvalue weighted by Gasteiger charge is -2.39. The summed E-state index contributed by atoms with van der Waals surface area (Å²) in [5.74, 6) is 0. The molecule has 0 aromatic carbocycles. The van der Waals surface area contributed by atoms with Crippen molar-refractivity contribution >= 4 is 14.5 Å². The van der Waals surface area contributed by atoms with E-state index in [4.69, 9.17) is 4.43 Å². The standard InChI is InChI=1S/C12H26N2OSi/c1-11(10-14-9-7-8-13-14)15-16(5,6)12(2,3)4/h8,11H,7,9-10H2,1-6H3/t11-/m0/s1. The first-order valence-electron chi connectivity index (χ1n) is 6.17. The molecule has 0 radical (unpaired) electrons. The zero-order chi connectivity index (χ0) is 12.4. The highest BCUT2D eigenvalue weighted by molar-refractivity contribution is 6.74. The van der Waals surface area contributed by atoms with Crippen LogP contribution in [0.3, 0.4) is 0 Å². The van der Waals surface area contributed by atoms with Gasteiger partial charge in [0.15, 0.2) is 8.32 Å². The van der Waals surface area contributed by atoms with E-state index in [1.165, 1.54) is 0 Å². The van der Waals surface area contributed by atoms with Gasteiger partial charge in [-0.2, -0.15) is 5.10 Å². The molecule has 4 heteroatoms. The van der Waals surface area contributed by atoms with Crippen molar-refractivity contribution in [3.8, 4) is 0 Å². The van der Waals surface area contributed by atoms with Crippen molar-refractivity contribution < 1.29 is 4.43 Å². The third-order valence-corrected chi connectivity index (χ3v) is 8.14. The van der Waals surface area contributed by atoms with Gasteiger partial charge >= 0.3 is 0 Å². The fraction of sp³-hybridized carbons (Fsp3) is 0.917. The second-order valence-electron chi connectivity index (χ2n) is 6.19. The highest BCUT2D eigenvalue weighted by Gasteiger charge is 2.38. The van der Waals surface area contributed by atoms with Gasteiger partial charge < -0.3 is 4.43 Å². The molecule has 3 nitrogen and oxygen atoms in total. The predicted octanol–water partition coefficient (Wildman–Crippen LogP) is 3.09. The van der Waals surface area contributed by atoms with Crippen molar-refractivity contribution in [2.75, 3.05) is 13.1 Å². The summed E-state index contributed by atoms with van der Waals surface area (Å²) in [4.78, 5) is 0. The normalized spacial score (nSPS) is 19.2. The molecule has 0 saturated carbocycles. The minimum atomic E-state index is -1.62. The Morgan fingerprint density at radius 3 is 2.50 bits per heavy atom. The molecule has 0 unspecified atom stereocenters. The van der Waals surface area contributed by atoms with E-state index in [-0.39, 0.29) is 11.1 Å². The topological polar surface area (TPSA) is 24.8 Å². The average molecular weight is 242 g/mol. The lowest BCUT2D eigenvalue weighted by molar-refractivity contribution is 0.142. The van der Waals surface area contributed by atoms with Crippen LogP contribution >= 0.6 is 0 Å². The molecule has 1 atom stereocenters. The molecule has 0 bridgehead atoms. The Hall–Kier alpha value is -0.353. The van der Waals surface area contributed by atoms with Crippen molar-refractivity contribution in [2.24, 2.45) is 5.10 Å². The fourth-order valence-electron chi connectivity index (χ4n) is 1.59. The van der Waals surface area contributed by atoms with Gasteiger partial charge in [0.1, 0.15) is 0 Å². The van der Waals surface area contributed by atoms with E-state index in [1.807, 2.05) is 6.21 Å². The molecule has 0 N–H and O–H groups in total. The van der Waals surface area contributed by atoms with E-state index in [0.717, 1.165) is 19.5 Å². The van der Waals surface area contributed by atoms with Crippen LogP contribution in [0.4, 0.5) is 0 Å². The van der Waals surface area contributed by atoms with Crippen LogP contribution in [-0.4, -0.2) is 38.7 Å². The second-order valence-corrected chi connectivity index (χ2v) is 10.9. The number of rotatable bonds is 4. The molecule has 1 heterocycles. The highest BCUT2D eigenvalue weighted by Crippen LogP contribution is 2.37. The molecule has 1 aliphatic rings. The molecule has 94 valence electrons. The summed E-state index contributed by atoms with van der Waals surface area (Å²) in [5.41, 5.74) is 0. The Bertz CT molecular complexity index is 258. The first-order chi connectivity index (χ1) is 7.22. The molecule has 1 rings (SSSR count). The maximum atomic E-state index is 6.29. The zero-order valence-corrected chi connectivity index (χ0v) is 12.6. The van der Waals surface area contributed by atoms with Crippen LogP contribution in [0.1, 0.15) is 34.1 Å². The Balaban J connectivity index is 2.44. The molecular weight excluding hydrogens is 216 g/mol. The second kappa shape index (κ2) is 4.88. The van der Waals surface area contributed by atoms with Crippen LogP contribution in [-0.2, 0) is 4.43 Å². The lowest BCUT2D eigenvalue weighted by atomic mass is 10.2. The molecule has 0 saturated heterocycles. The van der Waals surface area contributed by atoms with Crippen LogP contribution in [0.25, 0.3) is 0 Å². The SMILES string of the molecule is C[C@@H](CN1CCC=N1)O[Si](C)(C)C(C)(C)C. The predicted molar refractivity (Wildman–Crippen MR) is 72.4 cm³/mol. The minimum absolute atomic E-state index is 0.274. The van der Waals surface area contributed by atoms with Gasteiger partial charge in [0.2, 0.25) is 0 Å². The average Bonchev–Trinajstić information content (AvgIpc) is 2.52. The Kier molecular flexibility index (Phi) is 4.18.